The maximum absolute atomic E-state index is 13.1. The Bertz CT molecular complexity index is 801. The molecule has 8 nitrogen and oxygen atoms in total. The van der Waals surface area contributed by atoms with Crippen LogP contribution in [0.4, 0.5) is 4.79 Å². The second-order valence-corrected chi connectivity index (χ2v) is 10.4. The molecule has 0 saturated heterocycles. The molecule has 0 atom stereocenters. The quantitative estimate of drug-likeness (QED) is 0.471. The first-order valence-corrected chi connectivity index (χ1v) is 12.2. The third-order valence-electron chi connectivity index (χ3n) is 4.36. The van der Waals surface area contributed by atoms with Gasteiger partial charge in [-0.1, -0.05) is 43.9 Å². The van der Waals surface area contributed by atoms with Gasteiger partial charge in [0.25, 0.3) is 0 Å². The molecule has 176 valence electrons. The fourth-order valence-corrected chi connectivity index (χ4v) is 4.19. The van der Waals surface area contributed by atoms with E-state index in [1.807, 2.05) is 6.92 Å². The molecule has 0 bridgehead atoms. The number of carbonyl (C=O) groups excluding carboxylic acids is 2. The van der Waals surface area contributed by atoms with Crippen molar-refractivity contribution in [2.75, 3.05) is 26.2 Å². The molecular weight excluding hydrogens is 418 g/mol. The maximum Gasteiger partial charge on any atom is 0.407 e. The highest BCUT2D eigenvalue weighted by atomic mass is 32.2. The average molecular weight is 456 g/mol. The van der Waals surface area contributed by atoms with Gasteiger partial charge >= 0.3 is 6.09 Å². The summed E-state index contributed by atoms with van der Waals surface area (Å²) < 4.78 is 32.5. The summed E-state index contributed by atoms with van der Waals surface area (Å²) in [5.74, 6) is -0.419. The number of aryl methyl sites for hydroxylation is 1. The van der Waals surface area contributed by atoms with E-state index in [4.69, 9.17) is 4.74 Å². The molecule has 0 unspecified atom stereocenters. The lowest BCUT2D eigenvalue weighted by Gasteiger charge is -2.22. The van der Waals surface area contributed by atoms with Crippen LogP contribution in [0.2, 0.25) is 0 Å². The van der Waals surface area contributed by atoms with Gasteiger partial charge in [-0.2, -0.15) is 4.31 Å². The minimum atomic E-state index is -3.78. The van der Waals surface area contributed by atoms with Crippen LogP contribution < -0.4 is 10.6 Å². The second-order valence-electron chi connectivity index (χ2n) is 8.49. The summed E-state index contributed by atoms with van der Waals surface area (Å²) in [6.07, 6.45) is 3.07. The van der Waals surface area contributed by atoms with Crippen LogP contribution in [0, 0.1) is 6.92 Å². The van der Waals surface area contributed by atoms with E-state index < -0.39 is 27.6 Å². The molecule has 0 saturated carbocycles. The number of benzene rings is 1. The molecule has 1 aromatic rings. The standard InChI is InChI=1S/C22H37N3O5S/c1-6-7-8-9-16-25(31(28,29)19-12-10-18(2)11-13-19)17-20(26)23-14-15-24-21(27)30-22(3,4)5/h10-13H,6-9,14-17H2,1-5H3,(H,23,26)(H,24,27). The number of rotatable bonds is 12. The SMILES string of the molecule is CCCCCCN(CC(=O)NCCNC(=O)OC(C)(C)C)S(=O)(=O)c1ccc(C)cc1. The van der Waals surface area contributed by atoms with Gasteiger partial charge in [0, 0.05) is 19.6 Å². The Labute approximate surface area is 186 Å². The number of hydrogen-bond donors (Lipinski definition) is 2. The Morgan fingerprint density at radius 3 is 2.19 bits per heavy atom. The van der Waals surface area contributed by atoms with Crippen molar-refractivity contribution in [3.05, 3.63) is 29.8 Å². The van der Waals surface area contributed by atoms with Gasteiger partial charge in [0.05, 0.1) is 11.4 Å². The smallest absolute Gasteiger partial charge is 0.407 e. The van der Waals surface area contributed by atoms with E-state index in [0.29, 0.717) is 6.42 Å². The molecule has 0 aliphatic heterocycles. The van der Waals surface area contributed by atoms with Crippen molar-refractivity contribution in [1.29, 1.82) is 0 Å². The summed E-state index contributed by atoms with van der Waals surface area (Å²) in [7, 11) is -3.78. The fraction of sp³-hybridized carbons (Fsp3) is 0.636. The van der Waals surface area contributed by atoms with Gasteiger partial charge in [-0.3, -0.25) is 4.79 Å². The maximum atomic E-state index is 13.1. The van der Waals surface area contributed by atoms with Gasteiger partial charge in [0.2, 0.25) is 15.9 Å². The first-order chi connectivity index (χ1) is 14.5. The lowest BCUT2D eigenvalue weighted by molar-refractivity contribution is -0.121. The van der Waals surface area contributed by atoms with E-state index in [1.54, 1.807) is 45.0 Å². The first-order valence-electron chi connectivity index (χ1n) is 10.8. The summed E-state index contributed by atoms with van der Waals surface area (Å²) >= 11 is 0. The number of amides is 2. The molecule has 9 heteroatoms. The van der Waals surface area contributed by atoms with Crippen LogP contribution in [0.25, 0.3) is 0 Å². The van der Waals surface area contributed by atoms with Crippen LogP contribution in [0.1, 0.15) is 58.9 Å². The van der Waals surface area contributed by atoms with Crippen molar-refractivity contribution in [3.63, 3.8) is 0 Å². The number of unbranched alkanes of at least 4 members (excludes halogenated alkanes) is 3. The monoisotopic (exact) mass is 455 g/mol. The van der Waals surface area contributed by atoms with Crippen LogP contribution in [0.5, 0.6) is 0 Å². The van der Waals surface area contributed by atoms with Crippen LogP contribution in [-0.4, -0.2) is 56.5 Å². The lowest BCUT2D eigenvalue weighted by atomic mass is 10.2. The molecule has 31 heavy (non-hydrogen) atoms. The molecule has 0 aliphatic rings. The summed E-state index contributed by atoms with van der Waals surface area (Å²) in [6, 6.07) is 6.61. The normalized spacial score (nSPS) is 11.9. The zero-order chi connectivity index (χ0) is 23.5. The number of ether oxygens (including phenoxy) is 1. The van der Waals surface area contributed by atoms with Crippen molar-refractivity contribution >= 4 is 22.0 Å². The predicted octanol–water partition coefficient (Wildman–Crippen LogP) is 3.21. The van der Waals surface area contributed by atoms with Crippen LogP contribution >= 0.6 is 0 Å². The molecule has 0 spiro atoms. The van der Waals surface area contributed by atoms with Gasteiger partial charge in [-0.15, -0.1) is 0 Å². The molecule has 0 aromatic heterocycles. The third-order valence-corrected chi connectivity index (χ3v) is 6.21. The van der Waals surface area contributed by atoms with Crippen LogP contribution in [0.15, 0.2) is 29.2 Å². The first kappa shape index (κ1) is 26.9. The van der Waals surface area contributed by atoms with Crippen molar-refractivity contribution in [2.24, 2.45) is 0 Å². The largest absolute Gasteiger partial charge is 0.444 e. The molecule has 2 amide bonds. The molecule has 0 heterocycles. The van der Waals surface area contributed by atoms with E-state index in [9.17, 15) is 18.0 Å². The summed E-state index contributed by atoms with van der Waals surface area (Å²) in [4.78, 5) is 24.2. The molecule has 0 fully saturated rings. The van der Waals surface area contributed by atoms with E-state index in [1.165, 1.54) is 4.31 Å². The minimum Gasteiger partial charge on any atom is -0.444 e. The summed E-state index contributed by atoms with van der Waals surface area (Å²) in [6.45, 7) is 9.62. The Hall–Kier alpha value is -2.13. The Morgan fingerprint density at radius 2 is 1.61 bits per heavy atom. The lowest BCUT2D eigenvalue weighted by Crippen LogP contribution is -2.43. The fourth-order valence-electron chi connectivity index (χ4n) is 2.76. The molecule has 1 rings (SSSR count). The topological polar surface area (TPSA) is 105 Å². The van der Waals surface area contributed by atoms with E-state index >= 15 is 0 Å². The van der Waals surface area contributed by atoms with Crippen molar-refractivity contribution in [2.45, 2.75) is 70.8 Å². The summed E-state index contributed by atoms with van der Waals surface area (Å²) in [5.41, 5.74) is 0.360. The highest BCUT2D eigenvalue weighted by Crippen LogP contribution is 2.17. The number of nitrogens with zero attached hydrogens (tertiary/aromatic N) is 1. The van der Waals surface area contributed by atoms with Gasteiger partial charge in [0.15, 0.2) is 0 Å². The van der Waals surface area contributed by atoms with Gasteiger partial charge in [-0.25, -0.2) is 13.2 Å². The number of alkyl carbamates (subject to hydrolysis) is 1. The van der Waals surface area contributed by atoms with Crippen molar-refractivity contribution in [3.8, 4) is 0 Å². The Kier molecular flexibility index (Phi) is 11.0. The zero-order valence-corrected chi connectivity index (χ0v) is 20.2. The number of sulfonamides is 1. The number of hydrogen-bond acceptors (Lipinski definition) is 5. The molecule has 0 radical (unpaired) electrons. The highest BCUT2D eigenvalue weighted by molar-refractivity contribution is 7.89. The van der Waals surface area contributed by atoms with Crippen molar-refractivity contribution in [1.82, 2.24) is 14.9 Å². The third kappa shape index (κ3) is 10.6. The van der Waals surface area contributed by atoms with E-state index in [-0.39, 0.29) is 31.1 Å². The predicted molar refractivity (Wildman–Crippen MR) is 121 cm³/mol. The van der Waals surface area contributed by atoms with E-state index in [0.717, 1.165) is 24.8 Å². The molecule has 0 aliphatic carbocycles. The van der Waals surface area contributed by atoms with Crippen LogP contribution in [-0.2, 0) is 19.6 Å². The average Bonchev–Trinajstić information content (AvgIpc) is 2.66. The number of carbonyl (C=O) groups is 2. The Balaban J connectivity index is 2.67. The molecular formula is C22H37N3O5S. The second kappa shape index (κ2) is 12.7. The van der Waals surface area contributed by atoms with Crippen molar-refractivity contribution < 1.29 is 22.7 Å². The minimum absolute atomic E-state index is 0.173. The van der Waals surface area contributed by atoms with E-state index in [2.05, 4.69) is 17.6 Å². The van der Waals surface area contributed by atoms with Gasteiger partial charge < -0.3 is 15.4 Å². The van der Waals surface area contributed by atoms with Gasteiger partial charge in [-0.05, 0) is 46.2 Å². The zero-order valence-electron chi connectivity index (χ0n) is 19.4. The molecule has 1 aromatic carbocycles. The highest BCUT2D eigenvalue weighted by Gasteiger charge is 2.26. The van der Waals surface area contributed by atoms with Crippen LogP contribution in [0.3, 0.4) is 0 Å². The Morgan fingerprint density at radius 1 is 1.00 bits per heavy atom. The molecule has 2 N–H and O–H groups in total. The van der Waals surface area contributed by atoms with Gasteiger partial charge in [0.1, 0.15) is 5.60 Å². The number of nitrogens with one attached hydrogen (secondary N) is 2. The summed E-state index contributed by atoms with van der Waals surface area (Å²) in [5, 5.41) is 5.20.